The maximum atomic E-state index is 5.69. The first kappa shape index (κ1) is 25.0. The van der Waals surface area contributed by atoms with E-state index in [9.17, 15) is 0 Å². The summed E-state index contributed by atoms with van der Waals surface area (Å²) in [4.78, 5) is 0. The van der Waals surface area contributed by atoms with Gasteiger partial charge in [-0.3, -0.25) is 0 Å². The third-order valence-corrected chi connectivity index (χ3v) is 5.86. The molecule has 0 aliphatic carbocycles. The minimum Gasteiger partial charge on any atom is -0.330 e. The molecule has 0 aliphatic heterocycles. The highest BCUT2D eigenvalue weighted by Crippen LogP contribution is 2.19. The molecule has 0 rings (SSSR count). The highest BCUT2D eigenvalue weighted by atomic mass is 14.5. The monoisotopic (exact) mass is 353 g/mol. The van der Waals surface area contributed by atoms with Gasteiger partial charge in [0.15, 0.2) is 0 Å². The van der Waals surface area contributed by atoms with E-state index in [2.05, 4.69) is 20.8 Å². The predicted octanol–water partition coefficient (Wildman–Crippen LogP) is 8.26. The molecule has 0 spiro atoms. The summed E-state index contributed by atoms with van der Waals surface area (Å²) in [6, 6.07) is 0. The van der Waals surface area contributed by atoms with Gasteiger partial charge in [0.1, 0.15) is 0 Å². The molecule has 0 saturated heterocycles. The van der Waals surface area contributed by atoms with Gasteiger partial charge in [-0.15, -0.1) is 0 Å². The Morgan fingerprint density at radius 1 is 0.480 bits per heavy atom. The van der Waals surface area contributed by atoms with Crippen molar-refractivity contribution in [2.45, 2.75) is 136 Å². The second-order valence-electron chi connectivity index (χ2n) is 8.76. The summed E-state index contributed by atoms with van der Waals surface area (Å²) >= 11 is 0. The lowest BCUT2D eigenvalue weighted by atomic mass is 9.93. The van der Waals surface area contributed by atoms with E-state index >= 15 is 0 Å². The molecule has 0 aromatic carbocycles. The van der Waals surface area contributed by atoms with Crippen LogP contribution in [0.3, 0.4) is 0 Å². The SMILES string of the molecule is CCCCCCCCCCCCCCCCCC(C)CCC(C)CN. The van der Waals surface area contributed by atoms with Crippen LogP contribution >= 0.6 is 0 Å². The van der Waals surface area contributed by atoms with Gasteiger partial charge in [0.2, 0.25) is 0 Å². The summed E-state index contributed by atoms with van der Waals surface area (Å²) in [6.07, 6.45) is 26.0. The van der Waals surface area contributed by atoms with E-state index in [4.69, 9.17) is 5.73 Å². The highest BCUT2D eigenvalue weighted by Gasteiger charge is 2.05. The number of unbranched alkanes of at least 4 members (excludes halogenated alkanes) is 14. The van der Waals surface area contributed by atoms with Crippen molar-refractivity contribution in [2.24, 2.45) is 17.6 Å². The average molecular weight is 354 g/mol. The Kier molecular flexibility index (Phi) is 20.2. The summed E-state index contributed by atoms with van der Waals surface area (Å²) in [6.45, 7) is 7.85. The van der Waals surface area contributed by atoms with Gasteiger partial charge in [-0.25, -0.2) is 0 Å². The van der Waals surface area contributed by atoms with Gasteiger partial charge in [0.05, 0.1) is 0 Å². The minimum absolute atomic E-state index is 0.712. The van der Waals surface area contributed by atoms with E-state index in [1.54, 1.807) is 0 Å². The van der Waals surface area contributed by atoms with Crippen molar-refractivity contribution in [2.75, 3.05) is 6.54 Å². The largest absolute Gasteiger partial charge is 0.330 e. The first-order chi connectivity index (χ1) is 12.2. The van der Waals surface area contributed by atoms with Crippen LogP contribution in [0, 0.1) is 11.8 Å². The van der Waals surface area contributed by atoms with Crippen LogP contribution in [0.15, 0.2) is 0 Å². The molecule has 0 aliphatic rings. The predicted molar refractivity (Wildman–Crippen MR) is 116 cm³/mol. The van der Waals surface area contributed by atoms with Crippen LogP contribution < -0.4 is 5.73 Å². The molecule has 0 bridgehead atoms. The van der Waals surface area contributed by atoms with Gasteiger partial charge >= 0.3 is 0 Å². The van der Waals surface area contributed by atoms with Gasteiger partial charge in [-0.2, -0.15) is 0 Å². The van der Waals surface area contributed by atoms with Crippen LogP contribution in [-0.4, -0.2) is 6.54 Å². The van der Waals surface area contributed by atoms with Crippen LogP contribution in [-0.2, 0) is 0 Å². The molecular weight excluding hydrogens is 302 g/mol. The lowest BCUT2D eigenvalue weighted by Crippen LogP contribution is -2.11. The number of hydrogen-bond acceptors (Lipinski definition) is 1. The van der Waals surface area contributed by atoms with Crippen molar-refractivity contribution in [1.82, 2.24) is 0 Å². The maximum Gasteiger partial charge on any atom is -0.00515 e. The Morgan fingerprint density at radius 2 is 0.840 bits per heavy atom. The summed E-state index contributed by atoms with van der Waals surface area (Å²) in [5.41, 5.74) is 5.69. The maximum absolute atomic E-state index is 5.69. The van der Waals surface area contributed by atoms with Gasteiger partial charge in [0, 0.05) is 0 Å². The van der Waals surface area contributed by atoms with E-state index in [0.29, 0.717) is 5.92 Å². The van der Waals surface area contributed by atoms with E-state index in [1.165, 1.54) is 116 Å². The summed E-state index contributed by atoms with van der Waals surface area (Å²) < 4.78 is 0. The van der Waals surface area contributed by atoms with E-state index < -0.39 is 0 Å². The number of hydrogen-bond donors (Lipinski definition) is 1. The molecule has 1 heteroatoms. The standard InChI is InChI=1S/C24H51N/c1-4-5-6-7-8-9-10-11-12-13-14-15-16-17-18-19-23(2)20-21-24(3)22-25/h23-24H,4-22,25H2,1-3H3. The van der Waals surface area contributed by atoms with Crippen molar-refractivity contribution >= 4 is 0 Å². The number of rotatable bonds is 20. The molecule has 0 aromatic rings. The second-order valence-corrected chi connectivity index (χ2v) is 8.76. The van der Waals surface area contributed by atoms with Crippen molar-refractivity contribution in [1.29, 1.82) is 0 Å². The zero-order valence-corrected chi connectivity index (χ0v) is 18.2. The zero-order chi connectivity index (χ0) is 18.6. The Hall–Kier alpha value is -0.0400. The molecule has 0 saturated carbocycles. The van der Waals surface area contributed by atoms with Crippen LogP contribution in [0.2, 0.25) is 0 Å². The summed E-state index contributed by atoms with van der Waals surface area (Å²) in [7, 11) is 0. The van der Waals surface area contributed by atoms with Gasteiger partial charge in [-0.1, -0.05) is 130 Å². The normalized spacial score (nSPS) is 13.9. The Balaban J connectivity index is 3.11. The first-order valence-electron chi connectivity index (χ1n) is 11.9. The van der Waals surface area contributed by atoms with Gasteiger partial charge in [-0.05, 0) is 24.8 Å². The van der Waals surface area contributed by atoms with Crippen molar-refractivity contribution in [3.63, 3.8) is 0 Å². The van der Waals surface area contributed by atoms with E-state index in [1.807, 2.05) is 0 Å². The molecule has 0 amide bonds. The Morgan fingerprint density at radius 3 is 1.24 bits per heavy atom. The van der Waals surface area contributed by atoms with E-state index in [-0.39, 0.29) is 0 Å². The highest BCUT2D eigenvalue weighted by molar-refractivity contribution is 4.59. The molecule has 2 atom stereocenters. The lowest BCUT2D eigenvalue weighted by Gasteiger charge is -2.14. The van der Waals surface area contributed by atoms with Crippen molar-refractivity contribution in [3.05, 3.63) is 0 Å². The van der Waals surface area contributed by atoms with Gasteiger partial charge in [0.25, 0.3) is 0 Å². The molecule has 0 heterocycles. The molecule has 152 valence electrons. The average Bonchev–Trinajstić information content (AvgIpc) is 2.62. The fourth-order valence-corrected chi connectivity index (χ4v) is 3.70. The molecule has 25 heavy (non-hydrogen) atoms. The van der Waals surface area contributed by atoms with E-state index in [0.717, 1.165) is 12.5 Å². The minimum atomic E-state index is 0.712. The molecule has 0 radical (unpaired) electrons. The summed E-state index contributed by atoms with van der Waals surface area (Å²) in [5, 5.41) is 0. The Labute approximate surface area is 160 Å². The smallest absolute Gasteiger partial charge is 0.00515 e. The third kappa shape index (κ3) is 20.1. The van der Waals surface area contributed by atoms with Crippen LogP contribution in [0.1, 0.15) is 136 Å². The van der Waals surface area contributed by atoms with Crippen molar-refractivity contribution < 1.29 is 0 Å². The first-order valence-corrected chi connectivity index (χ1v) is 11.9. The fraction of sp³-hybridized carbons (Fsp3) is 1.00. The summed E-state index contributed by atoms with van der Waals surface area (Å²) in [5.74, 6) is 1.61. The topological polar surface area (TPSA) is 26.0 Å². The van der Waals surface area contributed by atoms with Crippen LogP contribution in [0.4, 0.5) is 0 Å². The molecule has 0 fully saturated rings. The van der Waals surface area contributed by atoms with Crippen LogP contribution in [0.25, 0.3) is 0 Å². The second kappa shape index (κ2) is 20.3. The van der Waals surface area contributed by atoms with Crippen molar-refractivity contribution in [3.8, 4) is 0 Å². The molecule has 2 N–H and O–H groups in total. The molecular formula is C24H51N. The molecule has 2 unspecified atom stereocenters. The third-order valence-electron chi connectivity index (χ3n) is 5.86. The van der Waals surface area contributed by atoms with Crippen LogP contribution in [0.5, 0.6) is 0 Å². The van der Waals surface area contributed by atoms with Gasteiger partial charge < -0.3 is 5.73 Å². The molecule has 0 aromatic heterocycles. The quantitative estimate of drug-likeness (QED) is 0.219. The Bertz CT molecular complexity index is 238. The molecule has 1 nitrogen and oxygen atoms in total. The zero-order valence-electron chi connectivity index (χ0n) is 18.2. The number of nitrogens with two attached hydrogens (primary N) is 1. The fourth-order valence-electron chi connectivity index (χ4n) is 3.70. The lowest BCUT2D eigenvalue weighted by molar-refractivity contribution is 0.401.